The van der Waals surface area contributed by atoms with Crippen LogP contribution in [-0.4, -0.2) is 52.9 Å². The second-order valence-corrected chi connectivity index (χ2v) is 10.7. The van der Waals surface area contributed by atoms with Gasteiger partial charge in [-0.1, -0.05) is 0 Å². The van der Waals surface area contributed by atoms with Gasteiger partial charge < -0.3 is 0 Å². The average molecular weight is 496 g/mol. The molecule has 3 aromatic heterocycles. The minimum Gasteiger partial charge on any atom is -0.292 e. The number of aromatic nitrogens is 6. The molecular weight excluding hydrogens is 473 g/mol. The first-order valence-electron chi connectivity index (χ1n) is 11.1. The summed E-state index contributed by atoms with van der Waals surface area (Å²) in [6.45, 7) is 1.45. The molecule has 0 bridgehead atoms. The molecule has 1 saturated heterocycles. The lowest BCUT2D eigenvalue weighted by atomic mass is 9.60. The molecule has 174 valence electrons. The van der Waals surface area contributed by atoms with Crippen molar-refractivity contribution in [1.29, 1.82) is 0 Å². The fraction of sp³-hybridized carbons (Fsp3) is 0.348. The number of hydrogen-bond donors (Lipinski definition) is 0. The number of fused-ring (bicyclic) bond motifs is 2. The maximum Gasteiger partial charge on any atom is 0.190 e. The van der Waals surface area contributed by atoms with Crippen LogP contribution in [0, 0.1) is 17.2 Å². The van der Waals surface area contributed by atoms with Gasteiger partial charge in [0.25, 0.3) is 0 Å². The van der Waals surface area contributed by atoms with Crippen LogP contribution in [0.4, 0.5) is 4.39 Å². The van der Waals surface area contributed by atoms with Gasteiger partial charge in [-0.15, -0.1) is 16.4 Å². The zero-order chi connectivity index (χ0) is 23.3. The zero-order valence-electron chi connectivity index (χ0n) is 18.5. The van der Waals surface area contributed by atoms with E-state index in [0.717, 1.165) is 41.4 Å². The molecule has 1 aliphatic carbocycles. The average Bonchev–Trinajstić information content (AvgIpc) is 3.59. The third-order valence-corrected chi connectivity index (χ3v) is 8.39. The van der Waals surface area contributed by atoms with Crippen molar-refractivity contribution in [2.75, 3.05) is 13.1 Å². The molecule has 1 aromatic carbocycles. The van der Waals surface area contributed by atoms with Crippen LogP contribution in [0.2, 0.25) is 0 Å². The molecule has 2 unspecified atom stereocenters. The summed E-state index contributed by atoms with van der Waals surface area (Å²) >= 11 is 2.99. The molecule has 0 saturated carbocycles. The summed E-state index contributed by atoms with van der Waals surface area (Å²) in [5.74, 6) is -0.0159. The fourth-order valence-electron chi connectivity index (χ4n) is 5.24. The highest BCUT2D eigenvalue weighted by molar-refractivity contribution is 7.97. The molecule has 4 aromatic rings. The Balaban J connectivity index is 1.36. The summed E-state index contributed by atoms with van der Waals surface area (Å²) in [6, 6.07) is 6.38. The Morgan fingerprint density at radius 1 is 1.24 bits per heavy atom. The topological polar surface area (TPSA) is 81.7 Å². The highest BCUT2D eigenvalue weighted by Gasteiger charge is 2.53. The number of ketones is 1. The van der Waals surface area contributed by atoms with Gasteiger partial charge in [0.1, 0.15) is 11.5 Å². The van der Waals surface area contributed by atoms with E-state index in [4.69, 9.17) is 0 Å². The minimum absolute atomic E-state index is 0.100. The molecule has 0 radical (unpaired) electrons. The number of aryl methyl sites for hydroxylation is 1. The lowest BCUT2D eigenvalue weighted by Gasteiger charge is -2.48. The molecular formula is C23H22FN7OS2. The summed E-state index contributed by atoms with van der Waals surface area (Å²) in [5.41, 5.74) is 4.66. The Kier molecular flexibility index (Phi) is 5.34. The largest absolute Gasteiger partial charge is 0.292 e. The number of benzene rings is 1. The van der Waals surface area contributed by atoms with Gasteiger partial charge in [0, 0.05) is 31.2 Å². The van der Waals surface area contributed by atoms with E-state index in [0.29, 0.717) is 18.7 Å². The van der Waals surface area contributed by atoms with E-state index in [2.05, 4.69) is 24.6 Å². The lowest BCUT2D eigenvalue weighted by molar-refractivity contribution is 0.0412. The molecule has 4 heterocycles. The molecule has 2 aliphatic rings. The molecule has 34 heavy (non-hydrogen) atoms. The van der Waals surface area contributed by atoms with Crippen molar-refractivity contribution >= 4 is 29.1 Å². The monoisotopic (exact) mass is 495 g/mol. The highest BCUT2D eigenvalue weighted by Crippen LogP contribution is 2.49. The standard InChI is InChI=1S/C23H22FN7OS2/c1-29-26-11-21(28-29)34-30-7-6-16-8-20-15(10-27-31(20)18-4-2-17(24)3-5-18)9-23(16,13-30)22(32)19-12-33-14-25-19/h2-5,10-12,14,16H,6-9,13H2,1H3. The number of Topliss-reactive ketones (excluding diaryl/α,β-unsaturated/α-hetero) is 1. The van der Waals surface area contributed by atoms with Crippen LogP contribution in [0.15, 0.2) is 52.6 Å². The Bertz CT molecular complexity index is 1330. The number of halogens is 1. The van der Waals surface area contributed by atoms with Gasteiger partial charge in [0.2, 0.25) is 0 Å². The highest BCUT2D eigenvalue weighted by atomic mass is 32.2. The van der Waals surface area contributed by atoms with Crippen molar-refractivity contribution in [3.63, 3.8) is 0 Å². The normalized spacial score (nSPS) is 22.4. The van der Waals surface area contributed by atoms with Crippen molar-refractivity contribution in [1.82, 2.24) is 34.1 Å². The molecule has 1 fully saturated rings. The van der Waals surface area contributed by atoms with E-state index in [1.165, 1.54) is 23.5 Å². The molecule has 6 rings (SSSR count). The second kappa shape index (κ2) is 8.40. The summed E-state index contributed by atoms with van der Waals surface area (Å²) in [4.78, 5) is 19.9. The predicted octanol–water partition coefficient (Wildman–Crippen LogP) is 3.59. The Labute approximate surface area is 203 Å². The molecule has 0 N–H and O–H groups in total. The van der Waals surface area contributed by atoms with Gasteiger partial charge in [-0.25, -0.2) is 18.4 Å². The van der Waals surface area contributed by atoms with E-state index in [-0.39, 0.29) is 17.5 Å². The number of rotatable bonds is 5. The van der Waals surface area contributed by atoms with Gasteiger partial charge in [-0.2, -0.15) is 15.0 Å². The van der Waals surface area contributed by atoms with Crippen LogP contribution < -0.4 is 0 Å². The number of hydrogen-bond acceptors (Lipinski definition) is 8. The lowest BCUT2D eigenvalue weighted by Crippen LogP contribution is -2.55. The predicted molar refractivity (Wildman–Crippen MR) is 126 cm³/mol. The van der Waals surface area contributed by atoms with Crippen molar-refractivity contribution in [3.05, 3.63) is 70.3 Å². The fourth-order valence-corrected chi connectivity index (χ4v) is 6.78. The number of carbonyl (C=O) groups excluding carboxylic acids is 1. The number of carbonyl (C=O) groups is 1. The van der Waals surface area contributed by atoms with E-state index in [9.17, 15) is 9.18 Å². The first-order valence-corrected chi connectivity index (χ1v) is 12.8. The van der Waals surface area contributed by atoms with Gasteiger partial charge in [-0.3, -0.25) is 4.79 Å². The van der Waals surface area contributed by atoms with Crippen LogP contribution in [0.5, 0.6) is 0 Å². The summed E-state index contributed by atoms with van der Waals surface area (Å²) in [6.07, 6.45) is 5.82. The van der Waals surface area contributed by atoms with Gasteiger partial charge >= 0.3 is 0 Å². The zero-order valence-corrected chi connectivity index (χ0v) is 20.1. The number of nitrogens with zero attached hydrogens (tertiary/aromatic N) is 7. The third kappa shape index (κ3) is 3.68. The number of thiazole rings is 1. The summed E-state index contributed by atoms with van der Waals surface area (Å²) < 4.78 is 17.6. The molecule has 8 nitrogen and oxygen atoms in total. The SMILES string of the molecule is Cn1ncc(SN2CCC3Cc4c(cnn4-c4ccc(F)cc4)CC3(C(=O)c3cscn3)C2)n1. The van der Waals surface area contributed by atoms with E-state index in [1.807, 2.05) is 16.3 Å². The Morgan fingerprint density at radius 3 is 2.82 bits per heavy atom. The maximum absolute atomic E-state index is 14.0. The minimum atomic E-state index is -0.592. The number of piperidine rings is 1. The van der Waals surface area contributed by atoms with Gasteiger partial charge in [0.05, 0.1) is 29.0 Å². The van der Waals surface area contributed by atoms with Crippen LogP contribution in [0.1, 0.15) is 28.2 Å². The summed E-state index contributed by atoms with van der Waals surface area (Å²) in [5, 5.41) is 15.9. The Hall–Kier alpha value is -2.89. The van der Waals surface area contributed by atoms with Crippen LogP contribution in [0.3, 0.4) is 0 Å². The van der Waals surface area contributed by atoms with Crippen molar-refractivity contribution in [3.8, 4) is 5.69 Å². The third-order valence-electron chi connectivity index (χ3n) is 6.86. The van der Waals surface area contributed by atoms with Crippen LogP contribution in [0.25, 0.3) is 5.69 Å². The van der Waals surface area contributed by atoms with E-state index >= 15 is 0 Å². The van der Waals surface area contributed by atoms with Crippen molar-refractivity contribution < 1.29 is 9.18 Å². The van der Waals surface area contributed by atoms with Crippen LogP contribution >= 0.6 is 23.3 Å². The molecule has 1 aliphatic heterocycles. The summed E-state index contributed by atoms with van der Waals surface area (Å²) in [7, 11) is 1.80. The first kappa shape index (κ1) is 21.6. The molecule has 2 atom stereocenters. The molecule has 0 spiro atoms. The van der Waals surface area contributed by atoms with Gasteiger partial charge in [-0.05, 0) is 67.0 Å². The van der Waals surface area contributed by atoms with E-state index in [1.54, 1.807) is 47.6 Å². The maximum atomic E-state index is 14.0. The van der Waals surface area contributed by atoms with Crippen molar-refractivity contribution in [2.24, 2.45) is 18.4 Å². The quantitative estimate of drug-likeness (QED) is 0.309. The van der Waals surface area contributed by atoms with Gasteiger partial charge in [0.15, 0.2) is 10.8 Å². The first-order chi connectivity index (χ1) is 16.5. The molecule has 11 heteroatoms. The Morgan fingerprint density at radius 2 is 2.09 bits per heavy atom. The second-order valence-electron chi connectivity index (χ2n) is 8.86. The van der Waals surface area contributed by atoms with E-state index < -0.39 is 5.41 Å². The smallest absolute Gasteiger partial charge is 0.190 e. The van der Waals surface area contributed by atoms with Crippen LogP contribution in [-0.2, 0) is 19.9 Å². The van der Waals surface area contributed by atoms with Crippen molar-refractivity contribution in [2.45, 2.75) is 24.3 Å². The molecule has 0 amide bonds.